The Hall–Kier alpha value is -12.7. The number of fused-ring (bicyclic) bond motifs is 30. The van der Waals surface area contributed by atoms with Gasteiger partial charge in [-0.1, -0.05) is 325 Å². The molecular formula is C111H87ClN6NaO-. The zero-order valence-corrected chi connectivity index (χ0v) is 71.3. The molecule has 18 aromatic rings. The van der Waals surface area contributed by atoms with E-state index >= 15 is 0 Å². The van der Waals surface area contributed by atoms with Gasteiger partial charge in [0.1, 0.15) is 22.5 Å². The second-order valence-electron chi connectivity index (χ2n) is 33.2. The van der Waals surface area contributed by atoms with E-state index in [4.69, 9.17) is 21.6 Å². The fraction of sp³-hybridized carbons (Fsp3) is 0.108. The largest absolute Gasteiger partial charge is 1.00 e. The molecule has 120 heavy (non-hydrogen) atoms. The van der Waals surface area contributed by atoms with Gasteiger partial charge >= 0.3 is 29.6 Å². The molecule has 576 valence electrons. The van der Waals surface area contributed by atoms with Crippen molar-refractivity contribution in [3.05, 3.63) is 454 Å². The molecule has 9 heteroatoms. The standard InChI is InChI=1S/C53H37N3.C27H23N.C26H15ClN2.C5H11.Na.H2O/c1-52(2)41-19-8-7-18-40(41)50-44(52)22-14-26-49(50)55(36-29-27-35(28-30-36)34-15-4-3-5-16-34)37-31-32-39-38-17-6-9-20-42(38)53(45(39)33-37)43-21-10-12-24-47(43)56-48-25-13-11-23-46(48)54-51(53)56;1-27(2)23-12-7-6-11-22(23)26-24(27)13-8-14-25(26)28-21-17-15-20(16-18-21)19-9-4-3-5-10-19;27-16-13-14-18-17-7-1-2-8-19(17)26(21(18)15-16)20-9-3-5-11-23(20)29-24-12-6-4-10-22(24)28-25(26)29;1-4-5(2)3;;/h3-33H,1-2H3;3-18,28H,1-2H3;1-15H;4H2,1-3H3;;1H2/q;;;-1;+1;/p-1. The van der Waals surface area contributed by atoms with Crippen LogP contribution in [-0.4, -0.2) is 24.6 Å². The summed E-state index contributed by atoms with van der Waals surface area (Å²) in [4.78, 5) is 13.2. The minimum absolute atomic E-state index is 0. The maximum atomic E-state index is 6.53. The van der Waals surface area contributed by atoms with E-state index < -0.39 is 10.8 Å². The minimum atomic E-state index is -0.590. The topological polar surface area (TPSA) is 80.9 Å². The van der Waals surface area contributed by atoms with E-state index in [0.717, 1.165) is 55.8 Å². The van der Waals surface area contributed by atoms with Crippen LogP contribution in [0.5, 0.6) is 0 Å². The summed E-state index contributed by atoms with van der Waals surface area (Å²) in [7, 11) is 0. The summed E-state index contributed by atoms with van der Waals surface area (Å²) in [6.45, 7) is 15.8. The molecule has 2 unspecified atom stereocenters. The summed E-state index contributed by atoms with van der Waals surface area (Å²) >= 11 is 6.53. The van der Waals surface area contributed by atoms with Crippen LogP contribution in [0.1, 0.15) is 122 Å². The van der Waals surface area contributed by atoms with Crippen LogP contribution in [0.3, 0.4) is 0 Å². The van der Waals surface area contributed by atoms with Crippen LogP contribution in [0.25, 0.3) is 100 Å². The fourth-order valence-corrected chi connectivity index (χ4v) is 20.3. The summed E-state index contributed by atoms with van der Waals surface area (Å²) in [6.07, 6.45) is 1.22. The average molecular weight is 1580 g/mol. The Morgan fingerprint density at radius 1 is 0.342 bits per heavy atom. The first-order valence-electron chi connectivity index (χ1n) is 41.2. The predicted molar refractivity (Wildman–Crippen MR) is 493 cm³/mol. The third-order valence-corrected chi connectivity index (χ3v) is 26.1. The summed E-state index contributed by atoms with van der Waals surface area (Å²) < 4.78 is 4.74. The van der Waals surface area contributed by atoms with Gasteiger partial charge in [0.2, 0.25) is 0 Å². The molecule has 2 aliphatic heterocycles. The molecule has 2 spiro atoms. The number of para-hydroxylation sites is 6. The molecule has 2 atom stereocenters. The first kappa shape index (κ1) is 77.2. The van der Waals surface area contributed by atoms with Crippen molar-refractivity contribution in [1.29, 1.82) is 0 Å². The van der Waals surface area contributed by atoms with Gasteiger partial charge in [-0.05, 0) is 208 Å². The van der Waals surface area contributed by atoms with Crippen LogP contribution in [0.4, 0.5) is 28.4 Å². The number of anilines is 5. The smallest absolute Gasteiger partial charge is 0.870 e. The first-order chi connectivity index (χ1) is 57.8. The molecule has 0 fully saturated rings. The van der Waals surface area contributed by atoms with Gasteiger partial charge in [-0.3, -0.25) is 9.13 Å². The van der Waals surface area contributed by atoms with E-state index in [2.05, 4.69) is 438 Å². The number of aromatic nitrogens is 4. The van der Waals surface area contributed by atoms with Crippen LogP contribution in [0.15, 0.2) is 376 Å². The van der Waals surface area contributed by atoms with Crippen molar-refractivity contribution in [3.63, 3.8) is 0 Å². The van der Waals surface area contributed by atoms with E-state index in [1.165, 1.54) is 157 Å². The molecule has 2 N–H and O–H groups in total. The third-order valence-electron chi connectivity index (χ3n) is 25.8. The quantitative estimate of drug-likeness (QED) is 0.121. The van der Waals surface area contributed by atoms with Crippen LogP contribution in [0.2, 0.25) is 5.02 Å². The second-order valence-corrected chi connectivity index (χ2v) is 33.6. The Morgan fingerprint density at radius 2 is 0.717 bits per heavy atom. The zero-order chi connectivity index (χ0) is 79.8. The van der Waals surface area contributed by atoms with Crippen LogP contribution < -0.4 is 39.8 Å². The molecule has 4 aliphatic carbocycles. The van der Waals surface area contributed by atoms with Gasteiger partial charge in [-0.25, -0.2) is 9.97 Å². The molecule has 2 aromatic heterocycles. The summed E-state index contributed by atoms with van der Waals surface area (Å²) in [5.74, 6) is 3.61. The Kier molecular flexibility index (Phi) is 19.5. The van der Waals surface area contributed by atoms with E-state index in [1.807, 2.05) is 6.07 Å². The van der Waals surface area contributed by atoms with Gasteiger partial charge in [0.15, 0.2) is 0 Å². The number of hydrogen-bond donors (Lipinski definition) is 1. The van der Waals surface area contributed by atoms with Crippen molar-refractivity contribution >= 4 is 62.1 Å². The van der Waals surface area contributed by atoms with Crippen molar-refractivity contribution in [2.75, 3.05) is 10.2 Å². The molecule has 0 bridgehead atoms. The fourth-order valence-electron chi connectivity index (χ4n) is 20.1. The Labute approximate surface area is 729 Å². The number of rotatable bonds is 8. The Balaban J connectivity index is 0.000000125. The number of imidazole rings is 2. The number of nitrogens with one attached hydrogen (secondary N) is 1. The monoisotopic (exact) mass is 1580 g/mol. The normalized spacial score (nSPS) is 15.5. The van der Waals surface area contributed by atoms with Crippen LogP contribution in [0, 0.1) is 5.92 Å². The van der Waals surface area contributed by atoms with Crippen molar-refractivity contribution in [2.24, 2.45) is 0 Å². The number of hydrogen-bond acceptors (Lipinski definition) is 5. The maximum absolute atomic E-state index is 6.53. The molecule has 4 heterocycles. The van der Waals surface area contributed by atoms with Gasteiger partial charge in [-0.2, -0.15) is 20.3 Å². The number of benzene rings is 16. The Morgan fingerprint density at radius 3 is 1.23 bits per heavy atom. The first-order valence-corrected chi connectivity index (χ1v) is 41.6. The number of nitrogens with zero attached hydrogens (tertiary/aromatic N) is 5. The van der Waals surface area contributed by atoms with Crippen molar-refractivity contribution in [3.8, 4) is 78.1 Å². The van der Waals surface area contributed by atoms with Gasteiger partial charge in [-0.15, -0.1) is 0 Å². The van der Waals surface area contributed by atoms with E-state index in [0.29, 0.717) is 0 Å². The van der Waals surface area contributed by atoms with Gasteiger partial charge < -0.3 is 21.6 Å². The average Bonchev–Trinajstić information content (AvgIpc) is 1.50. The summed E-state index contributed by atoms with van der Waals surface area (Å²) in [5.41, 5.74) is 39.5. The van der Waals surface area contributed by atoms with Gasteiger partial charge in [0.25, 0.3) is 0 Å². The molecule has 0 saturated heterocycles. The zero-order valence-electron chi connectivity index (χ0n) is 68.6. The number of halogens is 1. The van der Waals surface area contributed by atoms with E-state index in [-0.39, 0.29) is 45.9 Å². The molecule has 0 saturated carbocycles. The second kappa shape index (κ2) is 30.3. The molecule has 16 aromatic carbocycles. The summed E-state index contributed by atoms with van der Waals surface area (Å²) in [5, 5.41) is 4.41. The van der Waals surface area contributed by atoms with Crippen LogP contribution >= 0.6 is 11.6 Å². The van der Waals surface area contributed by atoms with Gasteiger partial charge in [0.05, 0.1) is 39.1 Å². The van der Waals surface area contributed by atoms with Crippen LogP contribution in [-0.2, 0) is 21.7 Å². The SMILES string of the molecule is CC1(C)c2ccccc2-c2c(N(c3ccc(-c4ccccc4)cc3)c3ccc4c(c3)C3(c5ccccc5-4)c4ccccc4-n4c3nc3ccccc34)cccc21.CC1(C)c2ccccc2-c2c(Nc3ccc(-c4ccccc4)cc3)cccc21.CC[C-](C)C.Clc1ccc2c(c1)C1(c3ccccc3-2)c2ccccc2-n2c1nc1ccccc12.[Na+].[OH-]. The van der Waals surface area contributed by atoms with Crippen molar-refractivity contribution < 1.29 is 35.0 Å². The molecular weight excluding hydrogens is 1490 g/mol. The Bertz CT molecular complexity index is 7020. The predicted octanol–water partition coefficient (Wildman–Crippen LogP) is 25.7. The minimum Gasteiger partial charge on any atom is -0.870 e. The van der Waals surface area contributed by atoms with Crippen molar-refractivity contribution in [2.45, 2.75) is 76.5 Å². The van der Waals surface area contributed by atoms with E-state index in [1.54, 1.807) is 0 Å². The molecule has 7 nitrogen and oxygen atoms in total. The molecule has 24 rings (SSSR count). The molecule has 0 amide bonds. The van der Waals surface area contributed by atoms with E-state index in [9.17, 15) is 0 Å². The molecule has 6 aliphatic rings. The molecule has 0 radical (unpaired) electrons. The summed E-state index contributed by atoms with van der Waals surface area (Å²) in [6, 6.07) is 136. The van der Waals surface area contributed by atoms with Crippen molar-refractivity contribution in [1.82, 2.24) is 19.1 Å². The van der Waals surface area contributed by atoms with Gasteiger partial charge in [0, 0.05) is 49.7 Å². The maximum Gasteiger partial charge on any atom is 1.00 e. The third kappa shape index (κ3) is 11.8.